The lowest BCUT2D eigenvalue weighted by atomic mass is 10.0. The molecule has 0 saturated heterocycles. The SMILES string of the molecule is COc1c(C)ccc(C)c1-c1cc(N)no1. The van der Waals surface area contributed by atoms with Crippen LogP contribution in [0.15, 0.2) is 22.7 Å². The van der Waals surface area contributed by atoms with Crippen LogP contribution in [-0.2, 0) is 0 Å². The van der Waals surface area contributed by atoms with Crippen molar-refractivity contribution in [2.45, 2.75) is 13.8 Å². The molecule has 0 aliphatic rings. The number of aryl methyl sites for hydroxylation is 2. The molecule has 84 valence electrons. The second-order valence-electron chi connectivity index (χ2n) is 3.72. The van der Waals surface area contributed by atoms with Gasteiger partial charge in [-0.2, -0.15) is 0 Å². The van der Waals surface area contributed by atoms with Gasteiger partial charge in [0, 0.05) is 6.07 Å². The van der Waals surface area contributed by atoms with Crippen LogP contribution in [0.3, 0.4) is 0 Å². The first-order chi connectivity index (χ1) is 7.63. The van der Waals surface area contributed by atoms with E-state index in [0.717, 1.165) is 22.4 Å². The van der Waals surface area contributed by atoms with Crippen molar-refractivity contribution in [2.75, 3.05) is 12.8 Å². The first-order valence-corrected chi connectivity index (χ1v) is 5.00. The van der Waals surface area contributed by atoms with E-state index in [-0.39, 0.29) is 0 Å². The second kappa shape index (κ2) is 3.89. The number of aromatic nitrogens is 1. The van der Waals surface area contributed by atoms with E-state index >= 15 is 0 Å². The number of nitrogen functional groups attached to an aromatic ring is 1. The van der Waals surface area contributed by atoms with E-state index in [9.17, 15) is 0 Å². The number of hydrogen-bond donors (Lipinski definition) is 1. The molecule has 0 fully saturated rings. The molecular weight excluding hydrogens is 204 g/mol. The van der Waals surface area contributed by atoms with E-state index in [1.54, 1.807) is 13.2 Å². The molecule has 0 bridgehead atoms. The Balaban J connectivity index is 2.67. The molecule has 0 aliphatic heterocycles. The first kappa shape index (κ1) is 10.5. The summed E-state index contributed by atoms with van der Waals surface area (Å²) in [6.07, 6.45) is 0. The van der Waals surface area contributed by atoms with Crippen LogP contribution < -0.4 is 10.5 Å². The van der Waals surface area contributed by atoms with Crippen molar-refractivity contribution in [1.29, 1.82) is 0 Å². The molecular formula is C12H14N2O2. The van der Waals surface area contributed by atoms with Gasteiger partial charge in [-0.25, -0.2) is 0 Å². The van der Waals surface area contributed by atoms with E-state index in [1.165, 1.54) is 0 Å². The van der Waals surface area contributed by atoms with Crippen LogP contribution in [0.1, 0.15) is 11.1 Å². The molecule has 0 unspecified atom stereocenters. The van der Waals surface area contributed by atoms with Crippen molar-refractivity contribution in [2.24, 2.45) is 0 Å². The van der Waals surface area contributed by atoms with Gasteiger partial charge >= 0.3 is 0 Å². The van der Waals surface area contributed by atoms with Crippen molar-refractivity contribution in [1.82, 2.24) is 5.16 Å². The Bertz CT molecular complexity index is 518. The maximum absolute atomic E-state index is 5.55. The highest BCUT2D eigenvalue weighted by Crippen LogP contribution is 2.36. The van der Waals surface area contributed by atoms with Crippen molar-refractivity contribution in [3.05, 3.63) is 29.3 Å². The minimum Gasteiger partial charge on any atom is -0.496 e. The summed E-state index contributed by atoms with van der Waals surface area (Å²) < 4.78 is 10.6. The third-order valence-corrected chi connectivity index (χ3v) is 2.54. The third-order valence-electron chi connectivity index (χ3n) is 2.54. The van der Waals surface area contributed by atoms with Crippen molar-refractivity contribution >= 4 is 5.82 Å². The van der Waals surface area contributed by atoms with E-state index < -0.39 is 0 Å². The smallest absolute Gasteiger partial charge is 0.173 e. The lowest BCUT2D eigenvalue weighted by Gasteiger charge is -2.11. The zero-order chi connectivity index (χ0) is 11.7. The fraction of sp³-hybridized carbons (Fsp3) is 0.250. The van der Waals surface area contributed by atoms with Gasteiger partial charge in [-0.15, -0.1) is 0 Å². The summed E-state index contributed by atoms with van der Waals surface area (Å²) in [4.78, 5) is 0. The number of ether oxygens (including phenoxy) is 1. The Morgan fingerprint density at radius 1 is 1.25 bits per heavy atom. The van der Waals surface area contributed by atoms with Gasteiger partial charge in [0.1, 0.15) is 5.75 Å². The number of benzene rings is 1. The molecule has 2 aromatic rings. The molecule has 0 saturated carbocycles. The molecule has 0 radical (unpaired) electrons. The van der Waals surface area contributed by atoms with Crippen LogP contribution in [0.4, 0.5) is 5.82 Å². The van der Waals surface area contributed by atoms with Gasteiger partial charge in [-0.1, -0.05) is 17.3 Å². The van der Waals surface area contributed by atoms with E-state index in [4.69, 9.17) is 15.0 Å². The van der Waals surface area contributed by atoms with Crippen LogP contribution in [-0.4, -0.2) is 12.3 Å². The Kier molecular flexibility index (Phi) is 2.56. The maximum Gasteiger partial charge on any atom is 0.173 e. The molecule has 1 aromatic carbocycles. The highest BCUT2D eigenvalue weighted by molar-refractivity contribution is 5.72. The quantitative estimate of drug-likeness (QED) is 0.841. The van der Waals surface area contributed by atoms with Gasteiger partial charge in [0.2, 0.25) is 0 Å². The van der Waals surface area contributed by atoms with Crippen molar-refractivity contribution < 1.29 is 9.26 Å². The van der Waals surface area contributed by atoms with Crippen LogP contribution in [0, 0.1) is 13.8 Å². The lowest BCUT2D eigenvalue weighted by molar-refractivity contribution is 0.404. The molecule has 16 heavy (non-hydrogen) atoms. The number of rotatable bonds is 2. The lowest BCUT2D eigenvalue weighted by Crippen LogP contribution is -1.93. The molecule has 0 aliphatic carbocycles. The number of nitrogens with zero attached hydrogens (tertiary/aromatic N) is 1. The van der Waals surface area contributed by atoms with Crippen molar-refractivity contribution in [3.63, 3.8) is 0 Å². The van der Waals surface area contributed by atoms with Gasteiger partial charge in [-0.3, -0.25) is 0 Å². The average molecular weight is 218 g/mol. The molecule has 2 rings (SSSR count). The molecule has 0 amide bonds. The molecule has 1 heterocycles. The summed E-state index contributed by atoms with van der Waals surface area (Å²) in [7, 11) is 1.64. The standard InChI is InChI=1S/C12H14N2O2/c1-7-4-5-8(2)12(15-3)11(7)9-6-10(13)14-16-9/h4-6H,1-3H3,(H2,13,14). The predicted molar refractivity (Wildman–Crippen MR) is 62.4 cm³/mol. The fourth-order valence-electron chi connectivity index (χ4n) is 1.76. The van der Waals surface area contributed by atoms with Gasteiger partial charge < -0.3 is 15.0 Å². The van der Waals surface area contributed by atoms with E-state index in [0.29, 0.717) is 11.6 Å². The summed E-state index contributed by atoms with van der Waals surface area (Å²) in [5.74, 6) is 1.81. The summed E-state index contributed by atoms with van der Waals surface area (Å²) in [6, 6.07) is 5.73. The number of anilines is 1. The van der Waals surface area contributed by atoms with Crippen LogP contribution >= 0.6 is 0 Å². The largest absolute Gasteiger partial charge is 0.496 e. The third kappa shape index (κ3) is 1.62. The molecule has 1 aromatic heterocycles. The molecule has 0 atom stereocenters. The molecule has 4 heteroatoms. The average Bonchev–Trinajstić information content (AvgIpc) is 2.67. The predicted octanol–water partition coefficient (Wildman–Crippen LogP) is 2.55. The second-order valence-corrected chi connectivity index (χ2v) is 3.72. The Labute approximate surface area is 94.0 Å². The van der Waals surface area contributed by atoms with Gasteiger partial charge in [0.25, 0.3) is 0 Å². The zero-order valence-corrected chi connectivity index (χ0v) is 9.57. The normalized spacial score (nSPS) is 10.4. The van der Waals surface area contributed by atoms with Crippen LogP contribution in [0.2, 0.25) is 0 Å². The van der Waals surface area contributed by atoms with Crippen LogP contribution in [0.5, 0.6) is 5.75 Å². The summed E-state index contributed by atoms with van der Waals surface area (Å²) in [5.41, 5.74) is 8.58. The van der Waals surface area contributed by atoms with Gasteiger partial charge in [0.05, 0.1) is 12.7 Å². The Morgan fingerprint density at radius 3 is 2.50 bits per heavy atom. The van der Waals surface area contributed by atoms with E-state index in [1.807, 2.05) is 26.0 Å². The number of methoxy groups -OCH3 is 1. The fourth-order valence-corrected chi connectivity index (χ4v) is 1.76. The Morgan fingerprint density at radius 2 is 1.94 bits per heavy atom. The summed E-state index contributed by atoms with van der Waals surface area (Å²) >= 11 is 0. The minimum atomic E-state index is 0.373. The molecule has 2 N–H and O–H groups in total. The van der Waals surface area contributed by atoms with Gasteiger partial charge in [-0.05, 0) is 25.0 Å². The molecule has 4 nitrogen and oxygen atoms in total. The summed E-state index contributed by atoms with van der Waals surface area (Å²) in [6.45, 7) is 3.98. The number of nitrogens with two attached hydrogens (primary N) is 1. The van der Waals surface area contributed by atoms with E-state index in [2.05, 4.69) is 5.16 Å². The minimum absolute atomic E-state index is 0.373. The zero-order valence-electron chi connectivity index (χ0n) is 9.57. The topological polar surface area (TPSA) is 61.3 Å². The summed E-state index contributed by atoms with van der Waals surface area (Å²) in [5, 5.41) is 3.69. The highest BCUT2D eigenvalue weighted by Gasteiger charge is 2.15. The maximum atomic E-state index is 5.55. The Hall–Kier alpha value is -1.97. The van der Waals surface area contributed by atoms with Crippen LogP contribution in [0.25, 0.3) is 11.3 Å². The van der Waals surface area contributed by atoms with Crippen molar-refractivity contribution in [3.8, 4) is 17.1 Å². The monoisotopic (exact) mass is 218 g/mol. The van der Waals surface area contributed by atoms with Gasteiger partial charge in [0.15, 0.2) is 11.6 Å². The highest BCUT2D eigenvalue weighted by atomic mass is 16.5. The first-order valence-electron chi connectivity index (χ1n) is 5.00. The number of hydrogen-bond acceptors (Lipinski definition) is 4. The molecule has 0 spiro atoms.